The van der Waals surface area contributed by atoms with Crippen LogP contribution < -0.4 is 4.72 Å². The number of nitrogens with one attached hydrogen (secondary N) is 1. The van der Waals surface area contributed by atoms with Crippen molar-refractivity contribution in [2.75, 3.05) is 26.2 Å². The van der Waals surface area contributed by atoms with E-state index in [1.165, 1.54) is 0 Å². The van der Waals surface area contributed by atoms with Crippen molar-refractivity contribution in [1.82, 2.24) is 14.6 Å². The average Bonchev–Trinajstić information content (AvgIpc) is 3.25. The van der Waals surface area contributed by atoms with Crippen LogP contribution in [0.15, 0.2) is 70.4 Å². The number of sulfonamides is 1. The first kappa shape index (κ1) is 23.7. The van der Waals surface area contributed by atoms with Crippen molar-refractivity contribution in [2.45, 2.75) is 36.2 Å². The lowest BCUT2D eigenvalue weighted by Gasteiger charge is -2.38. The molecule has 0 atom stereocenters. The second-order valence-electron chi connectivity index (χ2n) is 9.26. The first-order valence-electron chi connectivity index (χ1n) is 11.8. The number of nitrogens with zero attached hydrogens (tertiary/aromatic N) is 2. The monoisotopic (exact) mass is 495 g/mol. The average molecular weight is 496 g/mol. The Balaban J connectivity index is 1.13. The number of pyridine rings is 1. The maximum Gasteiger partial charge on any atom is 0.241 e. The maximum absolute atomic E-state index is 12.9. The van der Waals surface area contributed by atoms with Gasteiger partial charge in [-0.3, -0.25) is 4.98 Å². The van der Waals surface area contributed by atoms with Crippen LogP contribution in [0.5, 0.6) is 5.75 Å². The van der Waals surface area contributed by atoms with Gasteiger partial charge in [0, 0.05) is 54.7 Å². The Morgan fingerprint density at radius 1 is 1.11 bits per heavy atom. The molecule has 3 heterocycles. The van der Waals surface area contributed by atoms with E-state index in [0.29, 0.717) is 24.6 Å². The fourth-order valence-electron chi connectivity index (χ4n) is 4.81. The van der Waals surface area contributed by atoms with Crippen LogP contribution >= 0.6 is 0 Å². The third-order valence-electron chi connectivity index (χ3n) is 6.93. The minimum Gasteiger partial charge on any atom is -0.508 e. The summed E-state index contributed by atoms with van der Waals surface area (Å²) >= 11 is 0. The highest BCUT2D eigenvalue weighted by atomic mass is 32.2. The molecule has 0 spiro atoms. The molecule has 4 aromatic rings. The molecular weight excluding hydrogens is 466 g/mol. The summed E-state index contributed by atoms with van der Waals surface area (Å²) in [6.45, 7) is 2.47. The molecule has 2 aromatic heterocycles. The van der Waals surface area contributed by atoms with Gasteiger partial charge >= 0.3 is 0 Å². The number of likely N-dealkylation sites (tertiary alicyclic amines) is 1. The number of furan rings is 1. The zero-order chi connectivity index (χ0) is 24.5. The van der Waals surface area contributed by atoms with E-state index in [9.17, 15) is 18.6 Å². The van der Waals surface area contributed by atoms with Gasteiger partial charge in [0.1, 0.15) is 11.3 Å². The van der Waals surface area contributed by atoms with E-state index in [1.807, 2.05) is 6.07 Å². The number of hydrogen-bond acceptors (Lipinski definition) is 7. The van der Waals surface area contributed by atoms with Crippen molar-refractivity contribution >= 4 is 31.8 Å². The Hall–Kier alpha value is -2.98. The lowest BCUT2D eigenvalue weighted by Crippen LogP contribution is -2.46. The molecule has 1 fully saturated rings. The van der Waals surface area contributed by atoms with Gasteiger partial charge in [0.25, 0.3) is 0 Å². The summed E-state index contributed by atoms with van der Waals surface area (Å²) in [5, 5.41) is 23.1. The van der Waals surface area contributed by atoms with E-state index in [-0.39, 0.29) is 17.2 Å². The van der Waals surface area contributed by atoms with Crippen LogP contribution in [0.1, 0.15) is 24.8 Å². The lowest BCUT2D eigenvalue weighted by molar-refractivity contribution is -0.0258. The van der Waals surface area contributed by atoms with Gasteiger partial charge in [-0.2, -0.15) is 0 Å². The summed E-state index contributed by atoms with van der Waals surface area (Å²) in [5.41, 5.74) is 0.916. The summed E-state index contributed by atoms with van der Waals surface area (Å²) in [5.74, 6) is 0.219. The van der Waals surface area contributed by atoms with Crippen LogP contribution in [-0.4, -0.2) is 60.3 Å². The second kappa shape index (κ2) is 9.58. The normalized spacial score (nSPS) is 16.7. The SMILES string of the molecule is O=S(=O)(NCCC1(O)CCN(CCc2coc3ccc(O)cc23)CC1)c1cccc2cnccc12. The topological polar surface area (TPSA) is 116 Å². The molecule has 0 unspecified atom stereocenters. The molecule has 184 valence electrons. The summed E-state index contributed by atoms with van der Waals surface area (Å²) in [7, 11) is -3.71. The highest BCUT2D eigenvalue weighted by Crippen LogP contribution is 2.28. The summed E-state index contributed by atoms with van der Waals surface area (Å²) in [4.78, 5) is 6.57. The number of hydrogen-bond donors (Lipinski definition) is 3. The van der Waals surface area contributed by atoms with E-state index in [1.54, 1.807) is 55.1 Å². The minimum atomic E-state index is -3.71. The van der Waals surface area contributed by atoms with Gasteiger partial charge in [-0.05, 0) is 61.6 Å². The number of fused-ring (bicyclic) bond motifs is 2. The van der Waals surface area contributed by atoms with Crippen LogP contribution in [-0.2, 0) is 16.4 Å². The summed E-state index contributed by atoms with van der Waals surface area (Å²) in [6.07, 6.45) is 7.28. The van der Waals surface area contributed by atoms with Gasteiger partial charge in [0.15, 0.2) is 0 Å². The number of aromatic nitrogens is 1. The van der Waals surface area contributed by atoms with Crippen molar-refractivity contribution in [3.05, 3.63) is 66.7 Å². The summed E-state index contributed by atoms with van der Waals surface area (Å²) in [6, 6.07) is 11.9. The lowest BCUT2D eigenvalue weighted by atomic mass is 9.88. The molecule has 3 N–H and O–H groups in total. The third-order valence-corrected chi connectivity index (χ3v) is 8.45. The quantitative estimate of drug-likeness (QED) is 0.343. The molecule has 5 rings (SSSR count). The molecule has 0 aliphatic carbocycles. The molecule has 0 bridgehead atoms. The zero-order valence-corrected chi connectivity index (χ0v) is 20.2. The molecule has 8 nitrogen and oxygen atoms in total. The fourth-order valence-corrected chi connectivity index (χ4v) is 6.07. The van der Waals surface area contributed by atoms with Crippen molar-refractivity contribution in [3.8, 4) is 5.75 Å². The smallest absolute Gasteiger partial charge is 0.241 e. The first-order valence-corrected chi connectivity index (χ1v) is 13.3. The number of phenols is 1. The number of phenolic OH excluding ortho intramolecular Hbond substituents is 1. The Morgan fingerprint density at radius 2 is 1.94 bits per heavy atom. The van der Waals surface area contributed by atoms with E-state index in [2.05, 4.69) is 14.6 Å². The largest absolute Gasteiger partial charge is 0.508 e. The van der Waals surface area contributed by atoms with E-state index < -0.39 is 15.6 Å². The van der Waals surface area contributed by atoms with Crippen LogP contribution in [0.3, 0.4) is 0 Å². The van der Waals surface area contributed by atoms with Gasteiger partial charge in [-0.1, -0.05) is 12.1 Å². The maximum atomic E-state index is 12.9. The molecular formula is C26H29N3O5S. The van der Waals surface area contributed by atoms with Crippen LogP contribution in [0.2, 0.25) is 0 Å². The molecule has 1 saturated heterocycles. The predicted octanol–water partition coefficient (Wildman–Crippen LogP) is 3.42. The minimum absolute atomic E-state index is 0.171. The third kappa shape index (κ3) is 5.18. The van der Waals surface area contributed by atoms with Crippen molar-refractivity contribution in [1.29, 1.82) is 0 Å². The van der Waals surface area contributed by atoms with Crippen LogP contribution in [0.4, 0.5) is 0 Å². The molecule has 0 radical (unpaired) electrons. The van der Waals surface area contributed by atoms with Crippen LogP contribution in [0, 0.1) is 0 Å². The predicted molar refractivity (Wildman–Crippen MR) is 134 cm³/mol. The van der Waals surface area contributed by atoms with Gasteiger partial charge in [0.05, 0.1) is 16.8 Å². The zero-order valence-electron chi connectivity index (χ0n) is 19.4. The molecule has 9 heteroatoms. The number of rotatable bonds is 8. The Bertz CT molecular complexity index is 1440. The van der Waals surface area contributed by atoms with Gasteiger partial charge in [0.2, 0.25) is 10.0 Å². The standard InChI is InChI=1S/C26H29N3O5S/c30-21-4-5-24-23(16-21)20(18-34-24)7-13-29-14-9-26(31,10-15-29)8-12-28-35(32,33)25-3-1-2-19-17-27-11-6-22(19)25/h1-6,11,16-18,28,30-31H,7-10,12-15H2. The fraction of sp³-hybridized carbons (Fsp3) is 0.346. The highest BCUT2D eigenvalue weighted by Gasteiger charge is 2.32. The first-order chi connectivity index (χ1) is 16.8. The van der Waals surface area contributed by atoms with Gasteiger partial charge < -0.3 is 19.5 Å². The number of benzene rings is 2. The molecule has 35 heavy (non-hydrogen) atoms. The number of piperidine rings is 1. The van der Waals surface area contributed by atoms with E-state index in [0.717, 1.165) is 48.0 Å². The molecule has 2 aromatic carbocycles. The Labute approximate surface area is 204 Å². The van der Waals surface area contributed by atoms with E-state index >= 15 is 0 Å². The Morgan fingerprint density at radius 3 is 2.77 bits per heavy atom. The molecule has 0 amide bonds. The number of aliphatic hydroxyl groups is 1. The summed E-state index contributed by atoms with van der Waals surface area (Å²) < 4.78 is 34.1. The molecule has 0 saturated carbocycles. The van der Waals surface area contributed by atoms with Crippen LogP contribution in [0.25, 0.3) is 21.7 Å². The van der Waals surface area contributed by atoms with Crippen molar-refractivity contribution < 1.29 is 23.0 Å². The van der Waals surface area contributed by atoms with Crippen molar-refractivity contribution in [2.24, 2.45) is 0 Å². The van der Waals surface area contributed by atoms with Gasteiger partial charge in [-0.25, -0.2) is 13.1 Å². The van der Waals surface area contributed by atoms with Gasteiger partial charge in [-0.15, -0.1) is 0 Å². The molecule has 1 aliphatic rings. The Kier molecular flexibility index (Phi) is 6.50. The molecule has 1 aliphatic heterocycles. The second-order valence-corrected chi connectivity index (χ2v) is 11.0. The highest BCUT2D eigenvalue weighted by molar-refractivity contribution is 7.89. The van der Waals surface area contributed by atoms with Crippen molar-refractivity contribution in [3.63, 3.8) is 0 Å². The number of aromatic hydroxyl groups is 1. The van der Waals surface area contributed by atoms with E-state index in [4.69, 9.17) is 4.42 Å².